The number of benzene rings is 2. The van der Waals surface area contributed by atoms with Crippen molar-refractivity contribution in [3.8, 4) is 5.75 Å². The summed E-state index contributed by atoms with van der Waals surface area (Å²) in [5.41, 5.74) is 7.61. The molecule has 1 aliphatic carbocycles. The number of hydrogen-bond donors (Lipinski definition) is 0. The van der Waals surface area contributed by atoms with E-state index < -0.39 is 8.07 Å². The zero-order chi connectivity index (χ0) is 21.6. The second kappa shape index (κ2) is 7.44. The number of methoxy groups -OCH3 is 1. The zero-order valence-corrected chi connectivity index (χ0v) is 20.1. The molecule has 4 heteroatoms. The fraction of sp³-hybridized carbons (Fsp3) is 0.269. The number of ether oxygens (including phenoxy) is 1. The quantitative estimate of drug-likeness (QED) is 0.550. The number of fused-ring (bicyclic) bond motifs is 2. The molecule has 0 spiro atoms. The third-order valence-electron chi connectivity index (χ3n) is 6.30. The van der Waals surface area contributed by atoms with Gasteiger partial charge in [0.1, 0.15) is 27.9 Å². The van der Waals surface area contributed by atoms with Gasteiger partial charge >= 0.3 is 0 Å². The monoisotopic (exact) mass is 415 g/mol. The summed E-state index contributed by atoms with van der Waals surface area (Å²) < 4.78 is 7.97. The predicted molar refractivity (Wildman–Crippen MR) is 131 cm³/mol. The Morgan fingerprint density at radius 3 is 2.33 bits per heavy atom. The van der Waals surface area contributed by atoms with Gasteiger partial charge < -0.3 is 9.64 Å². The van der Waals surface area contributed by atoms with Crippen LogP contribution in [0.4, 0.5) is 5.69 Å². The molecule has 0 bridgehead atoms. The summed E-state index contributed by atoms with van der Waals surface area (Å²) in [6.07, 6.45) is 6.95. The predicted octanol–water partition coefficient (Wildman–Crippen LogP) is 4.24. The van der Waals surface area contributed by atoms with Crippen LogP contribution in [-0.4, -0.2) is 53.7 Å². The first-order valence-electron chi connectivity index (χ1n) is 10.4. The number of allylic oxidation sites excluding steroid dienone is 5. The van der Waals surface area contributed by atoms with Crippen molar-refractivity contribution in [3.63, 3.8) is 0 Å². The summed E-state index contributed by atoms with van der Waals surface area (Å²) in [7, 11) is 8.31. The van der Waals surface area contributed by atoms with Crippen molar-refractivity contribution in [3.05, 3.63) is 82.6 Å². The third-order valence-corrected chi connectivity index (χ3v) is 9.82. The Balaban J connectivity index is 2.11. The van der Waals surface area contributed by atoms with Gasteiger partial charge in [-0.3, -0.25) is 0 Å². The van der Waals surface area contributed by atoms with E-state index >= 15 is 0 Å². The molecule has 0 unspecified atom stereocenters. The van der Waals surface area contributed by atoms with Gasteiger partial charge in [-0.25, -0.2) is 4.58 Å². The molecule has 0 atom stereocenters. The van der Waals surface area contributed by atoms with Crippen LogP contribution >= 0.6 is 0 Å². The Labute approximate surface area is 181 Å². The van der Waals surface area contributed by atoms with E-state index in [1.165, 1.54) is 38.5 Å². The van der Waals surface area contributed by atoms with Gasteiger partial charge in [-0.05, 0) is 51.4 Å². The van der Waals surface area contributed by atoms with E-state index in [9.17, 15) is 0 Å². The average Bonchev–Trinajstić information content (AvgIpc) is 2.73. The molecule has 0 saturated carbocycles. The van der Waals surface area contributed by atoms with Crippen LogP contribution in [0.2, 0.25) is 13.1 Å². The molecule has 0 fully saturated rings. The fourth-order valence-corrected chi connectivity index (χ4v) is 7.59. The van der Waals surface area contributed by atoms with Crippen molar-refractivity contribution in [1.29, 1.82) is 0 Å². The lowest BCUT2D eigenvalue weighted by Crippen LogP contribution is -2.49. The van der Waals surface area contributed by atoms with Gasteiger partial charge in [0.15, 0.2) is 5.71 Å². The fourth-order valence-electron chi connectivity index (χ4n) is 4.52. The largest absolute Gasteiger partial charge is 0.496 e. The highest BCUT2D eigenvalue weighted by Gasteiger charge is 2.40. The Kier molecular flexibility index (Phi) is 5.06. The molecular formula is C26H31N2OSi+. The maximum Gasteiger partial charge on any atom is 0.199 e. The lowest BCUT2D eigenvalue weighted by atomic mass is 9.89. The first kappa shape index (κ1) is 20.4. The van der Waals surface area contributed by atoms with Crippen LogP contribution in [0.3, 0.4) is 0 Å². The molecule has 0 aromatic heterocycles. The number of rotatable bonds is 3. The number of nitrogens with zero attached hydrogens (tertiary/aromatic N) is 2. The molecule has 0 N–H and O–H groups in total. The van der Waals surface area contributed by atoms with Crippen LogP contribution in [0.5, 0.6) is 5.75 Å². The van der Waals surface area contributed by atoms with E-state index in [-0.39, 0.29) is 0 Å². The van der Waals surface area contributed by atoms with Crippen molar-refractivity contribution >= 4 is 30.2 Å². The van der Waals surface area contributed by atoms with Crippen molar-refractivity contribution in [2.45, 2.75) is 13.1 Å². The molecule has 2 aromatic carbocycles. The first-order valence-corrected chi connectivity index (χ1v) is 13.4. The zero-order valence-electron chi connectivity index (χ0n) is 19.1. The molecule has 0 amide bonds. The Morgan fingerprint density at radius 2 is 1.67 bits per heavy atom. The third kappa shape index (κ3) is 3.16. The lowest BCUT2D eigenvalue weighted by molar-refractivity contribution is -0.462. The summed E-state index contributed by atoms with van der Waals surface area (Å²) in [5.74, 6) is 0.916. The van der Waals surface area contributed by atoms with Gasteiger partial charge in [0, 0.05) is 37.5 Å². The molecule has 1 heterocycles. The molecule has 3 nitrogen and oxygen atoms in total. The highest BCUT2D eigenvalue weighted by Crippen LogP contribution is 2.43. The molecule has 0 saturated heterocycles. The molecule has 1 aliphatic heterocycles. The summed E-state index contributed by atoms with van der Waals surface area (Å²) in [4.78, 5) is 2.19. The second-order valence-electron chi connectivity index (χ2n) is 8.95. The molecule has 154 valence electrons. The van der Waals surface area contributed by atoms with Gasteiger partial charge in [0.25, 0.3) is 0 Å². The molecule has 30 heavy (non-hydrogen) atoms. The summed E-state index contributed by atoms with van der Waals surface area (Å²) in [5, 5.41) is 2.97. The molecule has 2 aromatic rings. The van der Waals surface area contributed by atoms with Gasteiger partial charge in [0.05, 0.1) is 7.11 Å². The highest BCUT2D eigenvalue weighted by molar-refractivity contribution is 6.98. The smallest absolute Gasteiger partial charge is 0.199 e. The van der Waals surface area contributed by atoms with E-state index in [4.69, 9.17) is 4.74 Å². The highest BCUT2D eigenvalue weighted by atomic mass is 28.3. The van der Waals surface area contributed by atoms with Crippen molar-refractivity contribution < 1.29 is 9.31 Å². The van der Waals surface area contributed by atoms with Crippen LogP contribution in [0.25, 0.3) is 5.57 Å². The molecule has 4 rings (SSSR count). The number of hydrogen-bond acceptors (Lipinski definition) is 2. The minimum atomic E-state index is -1.90. The van der Waals surface area contributed by atoms with Crippen LogP contribution in [0.1, 0.15) is 11.1 Å². The maximum absolute atomic E-state index is 5.78. The number of para-hydroxylation sites is 1. The minimum Gasteiger partial charge on any atom is -0.496 e. The van der Waals surface area contributed by atoms with E-state index in [1.54, 1.807) is 7.11 Å². The molecule has 0 radical (unpaired) electrons. The van der Waals surface area contributed by atoms with Gasteiger partial charge in [-0.1, -0.05) is 37.4 Å². The van der Waals surface area contributed by atoms with Crippen LogP contribution in [-0.2, 0) is 0 Å². The van der Waals surface area contributed by atoms with E-state index in [1.807, 2.05) is 6.07 Å². The van der Waals surface area contributed by atoms with Gasteiger partial charge in [0.2, 0.25) is 0 Å². The van der Waals surface area contributed by atoms with Crippen molar-refractivity contribution in [2.24, 2.45) is 0 Å². The van der Waals surface area contributed by atoms with Crippen LogP contribution in [0.15, 0.2) is 71.5 Å². The standard InChI is InChI=1S/C26H31N2OSi/c1-27(2)18-12-14-21-24(16-18)30(6,7)25-17-19(28(3)4)13-15-22(25)26(21)20-10-8-9-11-23(20)29-5/h8-17H,1-7H3/q+1. The topological polar surface area (TPSA) is 15.5 Å². The Bertz CT molecular complexity index is 1150. The second-order valence-corrected chi connectivity index (χ2v) is 13.3. The number of anilines is 1. The van der Waals surface area contributed by atoms with E-state index in [2.05, 4.69) is 105 Å². The van der Waals surface area contributed by atoms with E-state index in [0.29, 0.717) is 0 Å². The normalized spacial score (nSPS) is 16.6. The van der Waals surface area contributed by atoms with Gasteiger partial charge in [-0.2, -0.15) is 0 Å². The van der Waals surface area contributed by atoms with E-state index in [0.717, 1.165) is 11.3 Å². The molecule has 2 aliphatic rings. The maximum atomic E-state index is 5.78. The summed E-state index contributed by atoms with van der Waals surface area (Å²) in [6, 6.07) is 15.3. The van der Waals surface area contributed by atoms with Crippen LogP contribution < -0.4 is 14.8 Å². The Morgan fingerprint density at radius 1 is 0.933 bits per heavy atom. The van der Waals surface area contributed by atoms with Crippen LogP contribution in [0, 0.1) is 0 Å². The Hall–Kier alpha value is -2.85. The SMILES string of the molecule is COc1ccccc1C1=C2C=CC(=[N+](C)C)C=C2[Si](C)(C)c2cc(N(C)C)ccc21. The van der Waals surface area contributed by atoms with Crippen molar-refractivity contribution in [1.82, 2.24) is 0 Å². The molecular weight excluding hydrogens is 384 g/mol. The summed E-state index contributed by atoms with van der Waals surface area (Å²) >= 11 is 0. The van der Waals surface area contributed by atoms with Crippen molar-refractivity contribution in [2.75, 3.05) is 40.2 Å². The summed E-state index contributed by atoms with van der Waals surface area (Å²) in [6.45, 7) is 4.95. The minimum absolute atomic E-state index is 0.916. The van der Waals surface area contributed by atoms with Gasteiger partial charge in [-0.15, -0.1) is 0 Å². The lowest BCUT2D eigenvalue weighted by Gasteiger charge is -2.38. The average molecular weight is 416 g/mol. The first-order chi connectivity index (χ1) is 14.3.